The third kappa shape index (κ3) is 3.82. The Labute approximate surface area is 126 Å². The number of benzene rings is 2. The highest BCUT2D eigenvalue weighted by molar-refractivity contribution is 7.80. The third-order valence-corrected chi connectivity index (χ3v) is 2.95. The van der Waals surface area contributed by atoms with Gasteiger partial charge in [0.25, 0.3) is 0 Å². The van der Waals surface area contributed by atoms with Crippen molar-refractivity contribution in [3.05, 3.63) is 53.3 Å². The topological polar surface area (TPSA) is 33.3 Å². The van der Waals surface area contributed by atoms with Gasteiger partial charge in [-0.1, -0.05) is 17.7 Å². The predicted octanol–water partition coefficient (Wildman–Crippen LogP) is 4.30. The zero-order valence-electron chi connectivity index (χ0n) is 10.6. The lowest BCUT2D eigenvalue weighted by Crippen LogP contribution is -2.19. The average Bonchev–Trinajstić information content (AvgIpc) is 2.42. The van der Waals surface area contributed by atoms with E-state index < -0.39 is 5.82 Å². The van der Waals surface area contributed by atoms with E-state index in [1.807, 2.05) is 18.2 Å². The van der Waals surface area contributed by atoms with Crippen LogP contribution in [0.5, 0.6) is 5.75 Å². The van der Waals surface area contributed by atoms with Gasteiger partial charge in [-0.15, -0.1) is 0 Å². The van der Waals surface area contributed by atoms with E-state index >= 15 is 0 Å². The van der Waals surface area contributed by atoms with Crippen molar-refractivity contribution in [2.24, 2.45) is 0 Å². The fourth-order valence-electron chi connectivity index (χ4n) is 1.58. The molecule has 0 spiro atoms. The predicted molar refractivity (Wildman–Crippen MR) is 84.2 cm³/mol. The minimum absolute atomic E-state index is 0.259. The molecule has 0 aliphatic rings. The Morgan fingerprint density at radius 2 is 2.00 bits per heavy atom. The quantitative estimate of drug-likeness (QED) is 0.828. The van der Waals surface area contributed by atoms with Gasteiger partial charge in [-0.3, -0.25) is 0 Å². The fraction of sp³-hybridized carbons (Fsp3) is 0.0714. The molecular weight excluding hydrogens is 299 g/mol. The molecule has 0 bridgehead atoms. The summed E-state index contributed by atoms with van der Waals surface area (Å²) in [6, 6.07) is 11.6. The lowest BCUT2D eigenvalue weighted by atomic mass is 10.3. The van der Waals surface area contributed by atoms with Crippen LogP contribution in [0.25, 0.3) is 0 Å². The summed E-state index contributed by atoms with van der Waals surface area (Å²) in [5, 5.41) is 6.33. The van der Waals surface area contributed by atoms with E-state index in [1.165, 1.54) is 12.1 Å². The van der Waals surface area contributed by atoms with Crippen molar-refractivity contribution in [1.82, 2.24) is 0 Å². The molecule has 3 nitrogen and oxygen atoms in total. The highest BCUT2D eigenvalue weighted by atomic mass is 35.5. The average molecular weight is 311 g/mol. The minimum atomic E-state index is -0.465. The van der Waals surface area contributed by atoms with Crippen molar-refractivity contribution >= 4 is 40.3 Å². The maximum atomic E-state index is 13.6. The van der Waals surface area contributed by atoms with Crippen LogP contribution in [0.4, 0.5) is 15.8 Å². The molecule has 0 unspecified atom stereocenters. The van der Waals surface area contributed by atoms with Crippen LogP contribution < -0.4 is 15.4 Å². The molecule has 6 heteroatoms. The molecule has 0 fully saturated rings. The molecule has 2 N–H and O–H groups in total. The number of halogens is 2. The molecule has 20 heavy (non-hydrogen) atoms. The molecule has 104 valence electrons. The summed E-state index contributed by atoms with van der Waals surface area (Å²) in [4.78, 5) is 0. The molecule has 0 aromatic heterocycles. The first-order valence-electron chi connectivity index (χ1n) is 5.75. The zero-order valence-corrected chi connectivity index (χ0v) is 12.2. The summed E-state index contributed by atoms with van der Waals surface area (Å²) in [5.74, 6) is 0.239. The second-order valence-electron chi connectivity index (χ2n) is 3.94. The monoisotopic (exact) mass is 310 g/mol. The van der Waals surface area contributed by atoms with E-state index in [2.05, 4.69) is 10.6 Å². The SMILES string of the molecule is COc1cccc(NC(=S)Nc2ccc(Cl)cc2F)c1. The number of ether oxygens (including phenoxy) is 1. The number of thiocarbonyl (C=S) groups is 1. The van der Waals surface area contributed by atoms with Gasteiger partial charge in [0.15, 0.2) is 5.11 Å². The molecule has 0 saturated heterocycles. The van der Waals surface area contributed by atoms with Gasteiger partial charge < -0.3 is 15.4 Å². The Morgan fingerprint density at radius 1 is 1.20 bits per heavy atom. The molecule has 0 aliphatic heterocycles. The molecule has 0 atom stereocenters. The second-order valence-corrected chi connectivity index (χ2v) is 4.78. The third-order valence-electron chi connectivity index (χ3n) is 2.51. The Kier molecular flexibility index (Phi) is 4.76. The lowest BCUT2D eigenvalue weighted by Gasteiger charge is -2.12. The largest absolute Gasteiger partial charge is 0.497 e. The Balaban J connectivity index is 2.05. The highest BCUT2D eigenvalue weighted by Gasteiger charge is 2.05. The fourth-order valence-corrected chi connectivity index (χ4v) is 1.96. The van der Waals surface area contributed by atoms with Gasteiger partial charge in [-0.2, -0.15) is 0 Å². The van der Waals surface area contributed by atoms with Crippen molar-refractivity contribution in [3.63, 3.8) is 0 Å². The first-order valence-corrected chi connectivity index (χ1v) is 6.54. The maximum absolute atomic E-state index is 13.6. The van der Waals surface area contributed by atoms with Gasteiger partial charge in [0.2, 0.25) is 0 Å². The summed E-state index contributed by atoms with van der Waals surface area (Å²) in [7, 11) is 1.58. The summed E-state index contributed by atoms with van der Waals surface area (Å²) >= 11 is 10.8. The van der Waals surface area contributed by atoms with Gasteiger partial charge in [0.1, 0.15) is 11.6 Å². The van der Waals surface area contributed by atoms with E-state index in [9.17, 15) is 4.39 Å². The number of anilines is 2. The minimum Gasteiger partial charge on any atom is -0.497 e. The molecule has 2 aromatic carbocycles. The van der Waals surface area contributed by atoms with Crippen molar-refractivity contribution in [2.75, 3.05) is 17.7 Å². The second kappa shape index (κ2) is 6.54. The first kappa shape index (κ1) is 14.6. The maximum Gasteiger partial charge on any atom is 0.175 e. The Hall–Kier alpha value is -1.85. The van der Waals surface area contributed by atoms with Crippen molar-refractivity contribution in [2.45, 2.75) is 0 Å². The van der Waals surface area contributed by atoms with E-state index in [4.69, 9.17) is 28.6 Å². The normalized spacial score (nSPS) is 9.95. The standard InChI is InChI=1S/C14H12ClFN2OS/c1-19-11-4-2-3-10(8-11)17-14(20)18-13-6-5-9(15)7-12(13)16/h2-8H,1H3,(H2,17,18,20). The summed E-state index contributed by atoms with van der Waals surface area (Å²) in [6.07, 6.45) is 0. The molecule has 2 rings (SSSR count). The summed E-state index contributed by atoms with van der Waals surface area (Å²) < 4.78 is 18.7. The van der Waals surface area contributed by atoms with Crippen LogP contribution in [0.15, 0.2) is 42.5 Å². The highest BCUT2D eigenvalue weighted by Crippen LogP contribution is 2.20. The first-order chi connectivity index (χ1) is 9.58. The van der Waals surface area contributed by atoms with Gasteiger partial charge in [-0.05, 0) is 42.5 Å². The number of rotatable bonds is 3. The molecule has 0 aliphatic carbocycles. The van der Waals surface area contributed by atoms with Crippen molar-refractivity contribution < 1.29 is 9.13 Å². The van der Waals surface area contributed by atoms with Gasteiger partial charge in [0, 0.05) is 16.8 Å². The van der Waals surface area contributed by atoms with Crippen LogP contribution in [-0.2, 0) is 0 Å². The van der Waals surface area contributed by atoms with Crippen molar-refractivity contribution in [3.8, 4) is 5.75 Å². The zero-order chi connectivity index (χ0) is 14.5. The Morgan fingerprint density at radius 3 is 2.70 bits per heavy atom. The number of nitrogens with one attached hydrogen (secondary N) is 2. The van der Waals surface area contributed by atoms with E-state index in [-0.39, 0.29) is 10.8 Å². The van der Waals surface area contributed by atoms with Crippen LogP contribution >= 0.6 is 23.8 Å². The molecule has 0 saturated carbocycles. The van der Waals surface area contributed by atoms with Gasteiger partial charge in [0.05, 0.1) is 12.8 Å². The van der Waals surface area contributed by atoms with Gasteiger partial charge >= 0.3 is 0 Å². The van der Waals surface area contributed by atoms with Gasteiger partial charge in [-0.25, -0.2) is 4.39 Å². The Bertz CT molecular complexity index is 636. The summed E-state index contributed by atoms with van der Waals surface area (Å²) in [6.45, 7) is 0. The molecular formula is C14H12ClFN2OS. The van der Waals surface area contributed by atoms with Crippen LogP contribution in [0.3, 0.4) is 0 Å². The molecule has 0 radical (unpaired) electrons. The smallest absolute Gasteiger partial charge is 0.175 e. The van der Waals surface area contributed by atoms with Crippen LogP contribution in [0.1, 0.15) is 0 Å². The van der Waals surface area contributed by atoms with E-state index in [0.717, 1.165) is 5.69 Å². The molecule has 2 aromatic rings. The van der Waals surface area contributed by atoms with E-state index in [0.29, 0.717) is 10.8 Å². The van der Waals surface area contributed by atoms with E-state index in [1.54, 1.807) is 19.2 Å². The number of methoxy groups -OCH3 is 1. The molecule has 0 heterocycles. The van der Waals surface area contributed by atoms with Crippen LogP contribution in [-0.4, -0.2) is 12.2 Å². The van der Waals surface area contributed by atoms with Crippen LogP contribution in [0.2, 0.25) is 5.02 Å². The number of hydrogen-bond donors (Lipinski definition) is 2. The van der Waals surface area contributed by atoms with Crippen LogP contribution in [0, 0.1) is 5.82 Å². The molecule has 0 amide bonds. The number of hydrogen-bond acceptors (Lipinski definition) is 2. The summed E-state index contributed by atoms with van der Waals surface area (Å²) in [5.41, 5.74) is 1.01. The van der Waals surface area contributed by atoms with Crippen molar-refractivity contribution in [1.29, 1.82) is 0 Å². The lowest BCUT2D eigenvalue weighted by molar-refractivity contribution is 0.415.